The van der Waals surface area contributed by atoms with Gasteiger partial charge in [0, 0.05) is 23.7 Å². The van der Waals surface area contributed by atoms with Gasteiger partial charge >= 0.3 is 6.09 Å². The lowest BCUT2D eigenvalue weighted by Crippen LogP contribution is -2.41. The van der Waals surface area contributed by atoms with Crippen molar-refractivity contribution in [3.8, 4) is 0 Å². The highest BCUT2D eigenvalue weighted by Crippen LogP contribution is 2.22. The molecule has 2 atom stereocenters. The molecule has 2 aromatic rings. The van der Waals surface area contributed by atoms with Crippen molar-refractivity contribution >= 4 is 17.7 Å². The lowest BCUT2D eigenvalue weighted by atomic mass is 9.92. The highest BCUT2D eigenvalue weighted by molar-refractivity contribution is 5.94. The van der Waals surface area contributed by atoms with Crippen LogP contribution in [0.15, 0.2) is 48.5 Å². The highest BCUT2D eigenvalue weighted by Gasteiger charge is 2.26. The zero-order chi connectivity index (χ0) is 19.2. The SMILES string of the molecule is O=C(Nc1ccccc1)O[C@@H]1CCC[C@H](NC(=O)c2ccc(F)c(F)c2)C1. The summed E-state index contributed by atoms with van der Waals surface area (Å²) in [6.45, 7) is 0. The first-order valence-corrected chi connectivity index (χ1v) is 8.80. The summed E-state index contributed by atoms with van der Waals surface area (Å²) in [7, 11) is 0. The summed E-state index contributed by atoms with van der Waals surface area (Å²) in [6.07, 6.45) is 1.83. The van der Waals surface area contributed by atoms with E-state index in [-0.39, 0.29) is 17.7 Å². The molecule has 2 aromatic carbocycles. The Kier molecular flexibility index (Phi) is 6.01. The van der Waals surface area contributed by atoms with Crippen molar-refractivity contribution in [3.05, 3.63) is 65.7 Å². The van der Waals surface area contributed by atoms with Crippen LogP contribution in [0.3, 0.4) is 0 Å². The molecule has 0 unspecified atom stereocenters. The van der Waals surface area contributed by atoms with Crippen molar-refractivity contribution in [2.75, 3.05) is 5.32 Å². The number of anilines is 1. The molecule has 142 valence electrons. The fraction of sp³-hybridized carbons (Fsp3) is 0.300. The first-order valence-electron chi connectivity index (χ1n) is 8.80. The second-order valence-corrected chi connectivity index (χ2v) is 6.48. The Morgan fingerprint density at radius 2 is 1.78 bits per heavy atom. The highest BCUT2D eigenvalue weighted by atomic mass is 19.2. The van der Waals surface area contributed by atoms with E-state index in [0.717, 1.165) is 25.0 Å². The third kappa shape index (κ3) is 5.26. The van der Waals surface area contributed by atoms with Crippen LogP contribution in [0.5, 0.6) is 0 Å². The van der Waals surface area contributed by atoms with Gasteiger partial charge in [0.15, 0.2) is 11.6 Å². The van der Waals surface area contributed by atoms with Gasteiger partial charge in [0.05, 0.1) is 0 Å². The number of amides is 2. The molecule has 0 bridgehead atoms. The van der Waals surface area contributed by atoms with Gasteiger partial charge in [-0.3, -0.25) is 10.1 Å². The molecule has 1 aliphatic rings. The van der Waals surface area contributed by atoms with Crippen LogP contribution < -0.4 is 10.6 Å². The van der Waals surface area contributed by atoms with E-state index in [1.54, 1.807) is 24.3 Å². The number of benzene rings is 2. The predicted molar refractivity (Wildman–Crippen MR) is 96.4 cm³/mol. The maximum absolute atomic E-state index is 13.3. The Bertz CT molecular complexity index is 814. The minimum Gasteiger partial charge on any atom is -0.446 e. The number of carbonyl (C=O) groups is 2. The second-order valence-electron chi connectivity index (χ2n) is 6.48. The van der Waals surface area contributed by atoms with Crippen LogP contribution in [-0.4, -0.2) is 24.1 Å². The Morgan fingerprint density at radius 3 is 2.52 bits per heavy atom. The number of carbonyl (C=O) groups excluding carboxylic acids is 2. The van der Waals surface area contributed by atoms with Crippen molar-refractivity contribution < 1.29 is 23.1 Å². The summed E-state index contributed by atoms with van der Waals surface area (Å²) in [5, 5.41) is 5.45. The van der Waals surface area contributed by atoms with E-state index in [9.17, 15) is 18.4 Å². The first kappa shape index (κ1) is 18.8. The number of rotatable bonds is 4. The first-order chi connectivity index (χ1) is 13.0. The van der Waals surface area contributed by atoms with Gasteiger partial charge in [-0.15, -0.1) is 0 Å². The van der Waals surface area contributed by atoms with Crippen molar-refractivity contribution in [2.45, 2.75) is 37.8 Å². The summed E-state index contributed by atoms with van der Waals surface area (Å²) in [6, 6.07) is 11.8. The van der Waals surface area contributed by atoms with Gasteiger partial charge in [0.25, 0.3) is 5.91 Å². The molecule has 3 rings (SSSR count). The van der Waals surface area contributed by atoms with Crippen LogP contribution in [0.2, 0.25) is 0 Å². The largest absolute Gasteiger partial charge is 0.446 e. The van der Waals surface area contributed by atoms with Gasteiger partial charge in [-0.2, -0.15) is 0 Å². The van der Waals surface area contributed by atoms with E-state index >= 15 is 0 Å². The molecule has 0 aliphatic heterocycles. The zero-order valence-electron chi connectivity index (χ0n) is 14.6. The summed E-state index contributed by atoms with van der Waals surface area (Å²) < 4.78 is 31.7. The molecule has 0 saturated heterocycles. The van der Waals surface area contributed by atoms with Gasteiger partial charge in [0.2, 0.25) is 0 Å². The normalized spacial score (nSPS) is 19.2. The molecule has 27 heavy (non-hydrogen) atoms. The number of nitrogens with one attached hydrogen (secondary N) is 2. The number of hydrogen-bond donors (Lipinski definition) is 2. The van der Waals surface area contributed by atoms with Crippen LogP contribution >= 0.6 is 0 Å². The minimum atomic E-state index is -1.06. The van der Waals surface area contributed by atoms with Gasteiger partial charge in [-0.25, -0.2) is 13.6 Å². The molecule has 0 radical (unpaired) electrons. The second kappa shape index (κ2) is 8.62. The summed E-state index contributed by atoms with van der Waals surface area (Å²) in [5.74, 6) is -2.54. The lowest BCUT2D eigenvalue weighted by molar-refractivity contribution is 0.0712. The van der Waals surface area contributed by atoms with Crippen molar-refractivity contribution in [3.63, 3.8) is 0 Å². The average molecular weight is 374 g/mol. The molecule has 5 nitrogen and oxygen atoms in total. The number of hydrogen-bond acceptors (Lipinski definition) is 3. The quantitative estimate of drug-likeness (QED) is 0.841. The molecular formula is C20H20F2N2O3. The number of halogens is 2. The lowest BCUT2D eigenvalue weighted by Gasteiger charge is -2.29. The maximum atomic E-state index is 13.3. The fourth-order valence-corrected chi connectivity index (χ4v) is 3.11. The number of para-hydroxylation sites is 1. The van der Waals surface area contributed by atoms with E-state index in [1.807, 2.05) is 6.07 Å². The summed E-state index contributed by atoms with van der Waals surface area (Å²) in [5.41, 5.74) is 0.695. The third-order valence-electron chi connectivity index (χ3n) is 4.44. The van der Waals surface area contributed by atoms with Gasteiger partial charge in [0.1, 0.15) is 6.10 Å². The van der Waals surface area contributed by atoms with Crippen molar-refractivity contribution in [1.29, 1.82) is 0 Å². The zero-order valence-corrected chi connectivity index (χ0v) is 14.6. The maximum Gasteiger partial charge on any atom is 0.411 e. The Hall–Kier alpha value is -2.96. The van der Waals surface area contributed by atoms with E-state index in [1.165, 1.54) is 6.07 Å². The Labute approximate surface area is 155 Å². The van der Waals surface area contributed by atoms with E-state index < -0.39 is 23.6 Å². The number of ether oxygens (including phenoxy) is 1. The molecule has 1 fully saturated rings. The van der Waals surface area contributed by atoms with Gasteiger partial charge < -0.3 is 10.1 Å². The minimum absolute atomic E-state index is 0.0544. The van der Waals surface area contributed by atoms with E-state index in [4.69, 9.17) is 4.74 Å². The van der Waals surface area contributed by atoms with Crippen LogP contribution in [0, 0.1) is 11.6 Å². The van der Waals surface area contributed by atoms with Crippen LogP contribution in [0.25, 0.3) is 0 Å². The molecule has 2 N–H and O–H groups in total. The van der Waals surface area contributed by atoms with Crippen LogP contribution in [0.1, 0.15) is 36.0 Å². The Morgan fingerprint density at radius 1 is 1.00 bits per heavy atom. The van der Waals surface area contributed by atoms with Crippen molar-refractivity contribution in [1.82, 2.24) is 5.32 Å². The smallest absolute Gasteiger partial charge is 0.411 e. The molecule has 0 spiro atoms. The van der Waals surface area contributed by atoms with Gasteiger partial charge in [-0.05, 0) is 49.6 Å². The predicted octanol–water partition coefficient (Wildman–Crippen LogP) is 4.25. The van der Waals surface area contributed by atoms with Crippen LogP contribution in [0.4, 0.5) is 19.3 Å². The fourth-order valence-electron chi connectivity index (χ4n) is 3.11. The molecule has 1 aliphatic carbocycles. The van der Waals surface area contributed by atoms with Gasteiger partial charge in [-0.1, -0.05) is 18.2 Å². The van der Waals surface area contributed by atoms with E-state index in [2.05, 4.69) is 10.6 Å². The molecule has 0 aromatic heterocycles. The van der Waals surface area contributed by atoms with Crippen molar-refractivity contribution in [2.24, 2.45) is 0 Å². The van der Waals surface area contributed by atoms with Crippen LogP contribution in [-0.2, 0) is 4.74 Å². The summed E-state index contributed by atoms with van der Waals surface area (Å²) >= 11 is 0. The molecule has 1 saturated carbocycles. The van der Waals surface area contributed by atoms with E-state index in [0.29, 0.717) is 18.5 Å². The average Bonchev–Trinajstić information content (AvgIpc) is 2.65. The molecule has 7 heteroatoms. The molecule has 0 heterocycles. The monoisotopic (exact) mass is 374 g/mol. The third-order valence-corrected chi connectivity index (χ3v) is 4.44. The topological polar surface area (TPSA) is 67.4 Å². The Balaban J connectivity index is 1.52. The standard InChI is InChI=1S/C20H20F2N2O3/c21-17-10-9-13(11-18(17)22)19(25)23-15-7-4-8-16(12-15)27-20(26)24-14-5-2-1-3-6-14/h1-3,5-6,9-11,15-16H,4,7-8,12H2,(H,23,25)(H,24,26)/t15-,16+/m0/s1. The molecule has 2 amide bonds. The summed E-state index contributed by atoms with van der Waals surface area (Å²) in [4.78, 5) is 24.2. The molecular weight excluding hydrogens is 354 g/mol.